The molecule has 1 aromatic rings. The van der Waals surface area contributed by atoms with Gasteiger partial charge in [-0.3, -0.25) is 0 Å². The Morgan fingerprint density at radius 3 is 2.82 bits per heavy atom. The van der Waals surface area contributed by atoms with Crippen LogP contribution in [0.4, 0.5) is 0 Å². The monoisotopic (exact) mass is 256 g/mol. The third-order valence-corrected chi connectivity index (χ3v) is 4.27. The molecule has 0 unspecified atom stereocenters. The average molecular weight is 256 g/mol. The highest BCUT2D eigenvalue weighted by Gasteiger charge is 2.25. The van der Waals surface area contributed by atoms with Crippen LogP contribution < -0.4 is 0 Å². The third-order valence-electron chi connectivity index (χ3n) is 3.11. The summed E-state index contributed by atoms with van der Waals surface area (Å²) in [6.07, 6.45) is 4.68. The number of aromatic nitrogens is 2. The molecule has 1 aliphatic carbocycles. The summed E-state index contributed by atoms with van der Waals surface area (Å²) in [4.78, 5) is 4.45. The quantitative estimate of drug-likeness (QED) is 0.821. The second kappa shape index (κ2) is 6.40. The van der Waals surface area contributed by atoms with Gasteiger partial charge in [-0.25, -0.2) is 0 Å². The molecular formula is C12H20N2O2S. The average Bonchev–Trinajstić information content (AvgIpc) is 2.79. The molecule has 2 rings (SSSR count). The second-order valence-electron chi connectivity index (χ2n) is 4.61. The minimum absolute atomic E-state index is 0.131. The van der Waals surface area contributed by atoms with Crippen molar-refractivity contribution in [3.63, 3.8) is 0 Å². The van der Waals surface area contributed by atoms with Gasteiger partial charge in [-0.1, -0.05) is 12.1 Å². The fourth-order valence-corrected chi connectivity index (χ4v) is 2.86. The molecule has 1 aromatic heterocycles. The molecular weight excluding hydrogens is 236 g/mol. The highest BCUT2D eigenvalue weighted by molar-refractivity contribution is 7.98. The minimum atomic E-state index is -0.131. The lowest BCUT2D eigenvalue weighted by atomic mass is 9.87. The van der Waals surface area contributed by atoms with Gasteiger partial charge in [-0.15, -0.1) is 0 Å². The molecule has 0 atom stereocenters. The van der Waals surface area contributed by atoms with E-state index in [1.54, 1.807) is 0 Å². The summed E-state index contributed by atoms with van der Waals surface area (Å²) in [5, 5.41) is 13.5. The third kappa shape index (κ3) is 3.71. The molecule has 1 aliphatic rings. The number of rotatable bonds is 5. The summed E-state index contributed by atoms with van der Waals surface area (Å²) in [6, 6.07) is 0. The van der Waals surface area contributed by atoms with Crippen LogP contribution in [0.15, 0.2) is 4.52 Å². The highest BCUT2D eigenvalue weighted by atomic mass is 32.2. The lowest BCUT2D eigenvalue weighted by Gasteiger charge is -2.22. The van der Waals surface area contributed by atoms with E-state index in [0.29, 0.717) is 5.92 Å². The van der Waals surface area contributed by atoms with Gasteiger partial charge in [-0.2, -0.15) is 16.7 Å². The predicted molar refractivity (Wildman–Crippen MR) is 68.0 cm³/mol. The van der Waals surface area contributed by atoms with Crippen molar-refractivity contribution < 1.29 is 9.63 Å². The maximum absolute atomic E-state index is 9.45. The molecule has 0 bridgehead atoms. The van der Waals surface area contributed by atoms with Crippen molar-refractivity contribution >= 4 is 11.8 Å². The maximum atomic E-state index is 9.45. The van der Waals surface area contributed by atoms with Crippen LogP contribution in [0.3, 0.4) is 0 Å². The smallest absolute Gasteiger partial charge is 0.229 e. The molecule has 1 heterocycles. The Bertz CT molecular complexity index is 335. The summed E-state index contributed by atoms with van der Waals surface area (Å²) in [5.41, 5.74) is 0. The maximum Gasteiger partial charge on any atom is 0.229 e. The van der Waals surface area contributed by atoms with Crippen LogP contribution in [0.5, 0.6) is 0 Å². The van der Waals surface area contributed by atoms with Crippen LogP contribution in [0.25, 0.3) is 0 Å². The first kappa shape index (κ1) is 12.9. The largest absolute Gasteiger partial charge is 0.393 e. The molecule has 0 aliphatic heterocycles. The number of nitrogens with zero attached hydrogens (tertiary/aromatic N) is 2. The van der Waals surface area contributed by atoms with E-state index >= 15 is 0 Å². The molecule has 0 spiro atoms. The first-order valence-electron chi connectivity index (χ1n) is 6.38. The molecule has 1 fully saturated rings. The Balaban J connectivity index is 1.85. The predicted octanol–water partition coefficient (Wildman–Crippen LogP) is 2.73. The first-order chi connectivity index (χ1) is 8.29. The van der Waals surface area contributed by atoms with Crippen LogP contribution >= 0.6 is 11.8 Å². The molecule has 17 heavy (non-hydrogen) atoms. The van der Waals surface area contributed by atoms with Crippen molar-refractivity contribution in [1.82, 2.24) is 10.1 Å². The Labute approximate surface area is 106 Å². The van der Waals surface area contributed by atoms with Gasteiger partial charge >= 0.3 is 0 Å². The molecule has 0 saturated heterocycles. The van der Waals surface area contributed by atoms with E-state index in [9.17, 15) is 5.11 Å². The lowest BCUT2D eigenvalue weighted by molar-refractivity contribution is 0.116. The molecule has 5 heteroatoms. The Morgan fingerprint density at radius 2 is 2.12 bits per heavy atom. The van der Waals surface area contributed by atoms with Crippen molar-refractivity contribution in [2.75, 3.05) is 5.75 Å². The van der Waals surface area contributed by atoms with Crippen LogP contribution in [-0.4, -0.2) is 27.1 Å². The molecule has 0 aromatic carbocycles. The van der Waals surface area contributed by atoms with E-state index in [1.165, 1.54) is 6.42 Å². The number of hydrogen-bond acceptors (Lipinski definition) is 5. The summed E-state index contributed by atoms with van der Waals surface area (Å²) < 4.78 is 5.31. The Hall–Kier alpha value is -0.550. The Kier molecular flexibility index (Phi) is 4.86. The van der Waals surface area contributed by atoms with Crippen LogP contribution in [0.1, 0.15) is 56.7 Å². The lowest BCUT2D eigenvalue weighted by Crippen LogP contribution is -2.17. The number of aliphatic hydroxyl groups is 1. The van der Waals surface area contributed by atoms with Gasteiger partial charge < -0.3 is 9.63 Å². The van der Waals surface area contributed by atoms with Gasteiger partial charge in [0.05, 0.1) is 11.9 Å². The summed E-state index contributed by atoms with van der Waals surface area (Å²) in [7, 11) is 0. The SMILES string of the molecule is CCCSCc1noc(C2CCC(O)CC2)n1. The summed E-state index contributed by atoms with van der Waals surface area (Å²) in [6.45, 7) is 2.17. The van der Waals surface area contributed by atoms with Crippen LogP contribution in [0.2, 0.25) is 0 Å². The van der Waals surface area contributed by atoms with Crippen LogP contribution in [-0.2, 0) is 5.75 Å². The van der Waals surface area contributed by atoms with Gasteiger partial charge in [0.1, 0.15) is 0 Å². The zero-order valence-electron chi connectivity index (χ0n) is 10.3. The van der Waals surface area contributed by atoms with E-state index in [0.717, 1.165) is 48.9 Å². The van der Waals surface area contributed by atoms with E-state index in [-0.39, 0.29) is 6.10 Å². The molecule has 0 amide bonds. The van der Waals surface area contributed by atoms with Crippen molar-refractivity contribution in [2.45, 2.75) is 56.8 Å². The van der Waals surface area contributed by atoms with Gasteiger partial charge in [0.15, 0.2) is 5.82 Å². The van der Waals surface area contributed by atoms with Gasteiger partial charge in [-0.05, 0) is 37.9 Å². The molecule has 4 nitrogen and oxygen atoms in total. The molecule has 0 radical (unpaired) electrons. The molecule has 1 N–H and O–H groups in total. The zero-order chi connectivity index (χ0) is 12.1. The van der Waals surface area contributed by atoms with Crippen LogP contribution in [0, 0.1) is 0 Å². The van der Waals surface area contributed by atoms with Crippen molar-refractivity contribution in [2.24, 2.45) is 0 Å². The van der Waals surface area contributed by atoms with Crippen molar-refractivity contribution in [3.05, 3.63) is 11.7 Å². The number of hydrogen-bond donors (Lipinski definition) is 1. The summed E-state index contributed by atoms with van der Waals surface area (Å²) in [5.74, 6) is 3.91. The number of thioether (sulfide) groups is 1. The topological polar surface area (TPSA) is 59.2 Å². The normalized spacial score (nSPS) is 25.1. The highest BCUT2D eigenvalue weighted by Crippen LogP contribution is 2.31. The van der Waals surface area contributed by atoms with Gasteiger partial charge in [0, 0.05) is 5.92 Å². The van der Waals surface area contributed by atoms with Crippen molar-refractivity contribution in [3.8, 4) is 0 Å². The fourth-order valence-electron chi connectivity index (χ4n) is 2.12. The van der Waals surface area contributed by atoms with Gasteiger partial charge in [0.2, 0.25) is 5.89 Å². The number of aliphatic hydroxyl groups excluding tert-OH is 1. The molecule has 1 saturated carbocycles. The van der Waals surface area contributed by atoms with E-state index in [2.05, 4.69) is 17.1 Å². The second-order valence-corrected chi connectivity index (χ2v) is 5.71. The first-order valence-corrected chi connectivity index (χ1v) is 7.53. The summed E-state index contributed by atoms with van der Waals surface area (Å²) >= 11 is 1.84. The van der Waals surface area contributed by atoms with E-state index < -0.39 is 0 Å². The fraction of sp³-hybridized carbons (Fsp3) is 0.833. The molecule has 96 valence electrons. The zero-order valence-corrected chi connectivity index (χ0v) is 11.1. The standard InChI is InChI=1S/C12H20N2O2S/c1-2-7-17-8-11-13-12(16-14-11)9-3-5-10(15)6-4-9/h9-10,15H,2-8H2,1H3. The van der Waals surface area contributed by atoms with E-state index in [1.807, 2.05) is 11.8 Å². The minimum Gasteiger partial charge on any atom is -0.393 e. The Morgan fingerprint density at radius 1 is 1.35 bits per heavy atom. The van der Waals surface area contributed by atoms with Crippen molar-refractivity contribution in [1.29, 1.82) is 0 Å². The van der Waals surface area contributed by atoms with E-state index in [4.69, 9.17) is 4.52 Å². The van der Waals surface area contributed by atoms with Gasteiger partial charge in [0.25, 0.3) is 0 Å².